The van der Waals surface area contributed by atoms with E-state index in [0.29, 0.717) is 34.2 Å². The van der Waals surface area contributed by atoms with Gasteiger partial charge in [-0.15, -0.1) is 0 Å². The lowest BCUT2D eigenvalue weighted by molar-refractivity contribution is 0.383. The number of rotatable bonds is 5. The number of hydrogen-bond acceptors (Lipinski definition) is 6. The van der Waals surface area contributed by atoms with E-state index in [1.54, 1.807) is 0 Å². The molecule has 4 nitrogen and oxygen atoms in total. The molecule has 0 amide bonds. The Morgan fingerprint density at radius 1 is 0.654 bits per heavy atom. The number of benzene rings is 2. The third kappa shape index (κ3) is 3.52. The van der Waals surface area contributed by atoms with Crippen molar-refractivity contribution in [1.82, 2.24) is 0 Å². The zero-order valence-electron chi connectivity index (χ0n) is 14.5. The smallest absolute Gasteiger partial charge is 0.363 e. The van der Waals surface area contributed by atoms with Crippen molar-refractivity contribution >= 4 is 46.8 Å². The minimum absolute atomic E-state index is 0.167. The number of hydrogen-bond donors (Lipinski definition) is 0. The summed E-state index contributed by atoms with van der Waals surface area (Å²) in [7, 11) is 0. The Balaban J connectivity index is 1.47. The molecule has 4 rings (SSSR count). The topological polar surface area (TPSA) is 52.6 Å². The molecule has 2 heterocycles. The Morgan fingerprint density at radius 3 is 1.46 bits per heavy atom. The SMILES string of the molecule is C[C@H](Cc1ccc2oc(=S)oc2c1)[C@@H](C)Cc1ccc2oc(=S)oc2c1. The highest BCUT2D eigenvalue weighted by Gasteiger charge is 2.15. The minimum Gasteiger partial charge on any atom is -0.413 e. The van der Waals surface area contributed by atoms with Gasteiger partial charge in [-0.3, -0.25) is 0 Å². The van der Waals surface area contributed by atoms with Crippen molar-refractivity contribution in [2.24, 2.45) is 11.8 Å². The van der Waals surface area contributed by atoms with Crippen molar-refractivity contribution in [3.8, 4) is 0 Å². The third-order valence-corrected chi connectivity index (χ3v) is 5.21. The second-order valence-electron chi connectivity index (χ2n) is 6.83. The van der Waals surface area contributed by atoms with Crippen LogP contribution in [0.5, 0.6) is 0 Å². The lowest BCUT2D eigenvalue weighted by atomic mass is 9.85. The molecule has 6 heteroatoms. The molecule has 2 atom stereocenters. The van der Waals surface area contributed by atoms with E-state index in [4.69, 9.17) is 42.1 Å². The van der Waals surface area contributed by atoms with Crippen LogP contribution in [0.15, 0.2) is 54.1 Å². The zero-order chi connectivity index (χ0) is 18.3. The molecule has 0 bridgehead atoms. The summed E-state index contributed by atoms with van der Waals surface area (Å²) in [5, 5.41) is 0. The van der Waals surface area contributed by atoms with Crippen LogP contribution in [-0.4, -0.2) is 0 Å². The number of fused-ring (bicyclic) bond motifs is 2. The van der Waals surface area contributed by atoms with E-state index in [0.717, 1.165) is 12.8 Å². The predicted molar refractivity (Wildman–Crippen MR) is 104 cm³/mol. The maximum atomic E-state index is 5.41. The molecule has 0 radical (unpaired) electrons. The van der Waals surface area contributed by atoms with Crippen LogP contribution in [0.25, 0.3) is 22.3 Å². The fourth-order valence-corrected chi connectivity index (χ4v) is 3.59. The van der Waals surface area contributed by atoms with Crippen molar-refractivity contribution in [2.75, 3.05) is 0 Å². The summed E-state index contributed by atoms with van der Waals surface area (Å²) in [6.45, 7) is 4.53. The fourth-order valence-electron chi connectivity index (χ4n) is 3.23. The van der Waals surface area contributed by atoms with Gasteiger partial charge in [-0.25, -0.2) is 0 Å². The quantitative estimate of drug-likeness (QED) is 0.348. The van der Waals surface area contributed by atoms with E-state index in [9.17, 15) is 0 Å². The van der Waals surface area contributed by atoms with Crippen LogP contribution in [-0.2, 0) is 12.8 Å². The third-order valence-electron chi connectivity index (χ3n) is 4.88. The van der Waals surface area contributed by atoms with Crippen LogP contribution >= 0.6 is 24.4 Å². The summed E-state index contributed by atoms with van der Waals surface area (Å²) in [4.78, 5) is 0.335. The van der Waals surface area contributed by atoms with Crippen LogP contribution in [0.4, 0.5) is 0 Å². The summed E-state index contributed by atoms with van der Waals surface area (Å²) in [6, 6.07) is 12.0. The first kappa shape index (κ1) is 17.2. The van der Waals surface area contributed by atoms with Gasteiger partial charge >= 0.3 is 9.81 Å². The Morgan fingerprint density at radius 2 is 1.04 bits per heavy atom. The van der Waals surface area contributed by atoms with Crippen LogP contribution in [0.1, 0.15) is 25.0 Å². The molecule has 4 aromatic rings. The maximum Gasteiger partial charge on any atom is 0.363 e. The summed E-state index contributed by atoms with van der Waals surface area (Å²) in [5.41, 5.74) is 5.23. The summed E-state index contributed by atoms with van der Waals surface area (Å²) < 4.78 is 21.4. The minimum atomic E-state index is 0.167. The monoisotopic (exact) mass is 386 g/mol. The van der Waals surface area contributed by atoms with E-state index >= 15 is 0 Å². The van der Waals surface area contributed by atoms with Gasteiger partial charge in [-0.05, 0) is 60.1 Å². The molecule has 134 valence electrons. The van der Waals surface area contributed by atoms with Gasteiger partial charge in [0.1, 0.15) is 0 Å². The van der Waals surface area contributed by atoms with E-state index in [1.165, 1.54) is 11.1 Å². The second-order valence-corrected chi connectivity index (χ2v) is 7.50. The maximum absolute atomic E-state index is 5.41. The van der Waals surface area contributed by atoms with Crippen molar-refractivity contribution in [3.05, 3.63) is 57.3 Å². The lowest BCUT2D eigenvalue weighted by Crippen LogP contribution is -2.13. The molecule has 0 aliphatic carbocycles. The van der Waals surface area contributed by atoms with Gasteiger partial charge in [0, 0.05) is 24.4 Å². The highest BCUT2D eigenvalue weighted by Crippen LogP contribution is 2.26. The predicted octanol–water partition coefficient (Wildman–Crippen LogP) is 6.88. The second kappa shape index (κ2) is 6.85. The molecule has 0 spiro atoms. The van der Waals surface area contributed by atoms with Crippen molar-refractivity contribution in [1.29, 1.82) is 0 Å². The molecule has 2 aromatic heterocycles. The standard InChI is InChI=1S/C20H18O4S2/c1-11(7-13-3-5-15-17(9-13)23-19(25)21-15)12(2)8-14-4-6-16-18(10-14)24-20(26)22-16/h3-6,9-12H,7-8H2,1-2H3/t11-,12+. The van der Waals surface area contributed by atoms with Crippen LogP contribution in [0.3, 0.4) is 0 Å². The molecule has 0 unspecified atom stereocenters. The summed E-state index contributed by atoms with van der Waals surface area (Å²) in [5.74, 6) is 0.989. The largest absolute Gasteiger partial charge is 0.413 e. The lowest BCUT2D eigenvalue weighted by Gasteiger charge is -2.20. The molecule has 2 aromatic carbocycles. The van der Waals surface area contributed by atoms with Gasteiger partial charge in [0.05, 0.1) is 0 Å². The molecule has 0 fully saturated rings. The van der Waals surface area contributed by atoms with E-state index < -0.39 is 0 Å². The van der Waals surface area contributed by atoms with Gasteiger partial charge in [-0.2, -0.15) is 0 Å². The van der Waals surface area contributed by atoms with E-state index in [-0.39, 0.29) is 9.81 Å². The van der Waals surface area contributed by atoms with Gasteiger partial charge in [0.15, 0.2) is 22.3 Å². The van der Waals surface area contributed by atoms with Gasteiger partial charge in [0.2, 0.25) is 0 Å². The van der Waals surface area contributed by atoms with Crippen molar-refractivity contribution < 1.29 is 17.7 Å². The molecular weight excluding hydrogens is 368 g/mol. The van der Waals surface area contributed by atoms with Crippen LogP contribution in [0, 0.1) is 21.6 Å². The zero-order valence-corrected chi connectivity index (χ0v) is 16.1. The first-order chi connectivity index (χ1) is 12.5. The summed E-state index contributed by atoms with van der Waals surface area (Å²) in [6.07, 6.45) is 1.92. The van der Waals surface area contributed by atoms with Crippen molar-refractivity contribution in [3.63, 3.8) is 0 Å². The Kier molecular flexibility index (Phi) is 4.54. The molecule has 0 saturated carbocycles. The van der Waals surface area contributed by atoms with E-state index in [2.05, 4.69) is 26.0 Å². The average molecular weight is 386 g/mol. The molecule has 26 heavy (non-hydrogen) atoms. The Bertz CT molecular complexity index is 1080. The first-order valence-corrected chi connectivity index (χ1v) is 9.35. The highest BCUT2D eigenvalue weighted by molar-refractivity contribution is 7.71. The molecule has 0 N–H and O–H groups in total. The van der Waals surface area contributed by atoms with Crippen LogP contribution < -0.4 is 0 Å². The van der Waals surface area contributed by atoms with E-state index in [1.807, 2.05) is 24.3 Å². The molecular formula is C20H18O4S2. The highest BCUT2D eigenvalue weighted by atomic mass is 32.1. The fraction of sp³-hybridized carbons (Fsp3) is 0.300. The molecule has 0 aliphatic rings. The molecule has 0 aliphatic heterocycles. The van der Waals surface area contributed by atoms with Crippen LogP contribution in [0.2, 0.25) is 0 Å². The Labute approximate surface area is 160 Å². The van der Waals surface area contributed by atoms with Gasteiger partial charge in [-0.1, -0.05) is 26.0 Å². The normalized spacial score (nSPS) is 14.1. The van der Waals surface area contributed by atoms with Crippen molar-refractivity contribution in [2.45, 2.75) is 26.7 Å². The van der Waals surface area contributed by atoms with Gasteiger partial charge in [0.25, 0.3) is 0 Å². The summed E-state index contributed by atoms with van der Waals surface area (Å²) >= 11 is 9.88. The first-order valence-electron chi connectivity index (χ1n) is 8.53. The average Bonchev–Trinajstić information content (AvgIpc) is 3.14. The molecule has 0 saturated heterocycles. The Hall–Kier alpha value is -2.18. The van der Waals surface area contributed by atoms with Gasteiger partial charge < -0.3 is 17.7 Å².